The third kappa shape index (κ3) is 5.09. The number of aromatic nitrogens is 1. The minimum atomic E-state index is -0.739. The van der Waals surface area contributed by atoms with Crippen LogP contribution in [0.4, 0.5) is 0 Å². The Morgan fingerprint density at radius 2 is 2.05 bits per heavy atom. The van der Waals surface area contributed by atoms with Gasteiger partial charge in [0.1, 0.15) is 29.3 Å². The number of Topliss-reactive ketones (excluding diaryl/α,β-unsaturated/α-hetero) is 1. The molecule has 196 valence electrons. The summed E-state index contributed by atoms with van der Waals surface area (Å²) in [5.41, 5.74) is 1.16. The lowest BCUT2D eigenvalue weighted by atomic mass is 9.72. The molecular weight excluding hydrogens is 468 g/mol. The summed E-state index contributed by atoms with van der Waals surface area (Å²) in [7, 11) is 1.60. The number of hydrogen-bond acceptors (Lipinski definition) is 5. The van der Waals surface area contributed by atoms with Gasteiger partial charge in [-0.15, -0.1) is 0 Å². The van der Waals surface area contributed by atoms with E-state index in [9.17, 15) is 19.6 Å². The molecule has 2 aliphatic carbocycles. The van der Waals surface area contributed by atoms with Crippen LogP contribution in [0.1, 0.15) is 81.1 Å². The molecule has 37 heavy (non-hydrogen) atoms. The van der Waals surface area contributed by atoms with Gasteiger partial charge in [-0.3, -0.25) is 14.4 Å². The van der Waals surface area contributed by atoms with Gasteiger partial charge < -0.3 is 19.9 Å². The summed E-state index contributed by atoms with van der Waals surface area (Å²) >= 11 is 0. The number of amides is 2. The van der Waals surface area contributed by atoms with Gasteiger partial charge in [0.15, 0.2) is 0 Å². The number of nitrogens with zero attached hydrogens (tertiary/aromatic N) is 2. The molecule has 3 aliphatic rings. The van der Waals surface area contributed by atoms with E-state index in [1.54, 1.807) is 18.1 Å². The Balaban J connectivity index is 1.38. The van der Waals surface area contributed by atoms with Crippen LogP contribution >= 0.6 is 0 Å². The largest absolute Gasteiger partial charge is 0.496 e. The first-order valence-electron chi connectivity index (χ1n) is 13.6. The van der Waals surface area contributed by atoms with Gasteiger partial charge in [0.2, 0.25) is 5.91 Å². The average Bonchev–Trinajstić information content (AvgIpc) is 3.51. The molecule has 2 heterocycles. The monoisotopic (exact) mass is 504 g/mol. The predicted octanol–water partition coefficient (Wildman–Crippen LogP) is 4.50. The maximum Gasteiger partial charge on any atom is 0.271 e. The van der Waals surface area contributed by atoms with Crippen molar-refractivity contribution in [2.45, 2.75) is 82.7 Å². The van der Waals surface area contributed by atoms with Crippen LogP contribution in [0.3, 0.4) is 0 Å². The first-order valence-corrected chi connectivity index (χ1v) is 13.6. The van der Waals surface area contributed by atoms with Gasteiger partial charge in [0.05, 0.1) is 13.2 Å². The van der Waals surface area contributed by atoms with Crippen molar-refractivity contribution in [1.82, 2.24) is 15.2 Å². The Labute approximate surface area is 217 Å². The number of hydrogen-bond donors (Lipinski definition) is 2. The summed E-state index contributed by atoms with van der Waals surface area (Å²) in [6.45, 7) is 0.536. The number of nitriles is 1. The molecule has 0 bridgehead atoms. The Hall–Kier alpha value is -3.34. The topological polar surface area (TPSA) is 115 Å². The van der Waals surface area contributed by atoms with E-state index in [0.29, 0.717) is 37.3 Å². The van der Waals surface area contributed by atoms with Gasteiger partial charge in [-0.05, 0) is 62.1 Å². The van der Waals surface area contributed by atoms with E-state index in [0.717, 1.165) is 55.8 Å². The lowest BCUT2D eigenvalue weighted by molar-refractivity contribution is -0.127. The number of ketones is 1. The van der Waals surface area contributed by atoms with Crippen LogP contribution in [0, 0.1) is 22.7 Å². The van der Waals surface area contributed by atoms with E-state index in [4.69, 9.17) is 4.74 Å². The summed E-state index contributed by atoms with van der Waals surface area (Å²) in [5.74, 6) is 0.192. The molecule has 2 aromatic rings. The second-order valence-electron chi connectivity index (χ2n) is 11.2. The van der Waals surface area contributed by atoms with Crippen molar-refractivity contribution >= 4 is 28.5 Å². The quantitative estimate of drug-likeness (QED) is 0.601. The van der Waals surface area contributed by atoms with E-state index in [-0.39, 0.29) is 28.9 Å². The van der Waals surface area contributed by atoms with Crippen molar-refractivity contribution in [3.63, 3.8) is 0 Å². The fourth-order valence-corrected chi connectivity index (χ4v) is 6.74. The first-order chi connectivity index (χ1) is 17.9. The van der Waals surface area contributed by atoms with Gasteiger partial charge in [-0.2, -0.15) is 5.26 Å². The number of ether oxygens (including phenoxy) is 1. The van der Waals surface area contributed by atoms with E-state index < -0.39 is 12.1 Å². The normalized spacial score (nSPS) is 24.1. The summed E-state index contributed by atoms with van der Waals surface area (Å²) < 4.78 is 5.46. The zero-order valence-corrected chi connectivity index (χ0v) is 21.6. The molecule has 5 rings (SSSR count). The molecule has 1 aliphatic heterocycles. The third-order valence-electron chi connectivity index (χ3n) is 8.73. The van der Waals surface area contributed by atoms with Crippen molar-refractivity contribution in [2.75, 3.05) is 13.7 Å². The Morgan fingerprint density at radius 3 is 2.78 bits per heavy atom. The van der Waals surface area contributed by atoms with Crippen molar-refractivity contribution in [2.24, 2.45) is 11.3 Å². The summed E-state index contributed by atoms with van der Waals surface area (Å²) in [6, 6.07) is 8.23. The molecule has 0 radical (unpaired) electrons. The molecule has 1 aromatic heterocycles. The Morgan fingerprint density at radius 1 is 1.24 bits per heavy atom. The summed E-state index contributed by atoms with van der Waals surface area (Å²) in [6.07, 6.45) is 9.54. The van der Waals surface area contributed by atoms with Crippen molar-refractivity contribution in [3.05, 3.63) is 30.0 Å². The van der Waals surface area contributed by atoms with E-state index in [2.05, 4.69) is 16.4 Å². The maximum absolute atomic E-state index is 13.8. The summed E-state index contributed by atoms with van der Waals surface area (Å²) in [4.78, 5) is 44.7. The highest BCUT2D eigenvalue weighted by molar-refractivity contribution is 6.02. The fourth-order valence-electron chi connectivity index (χ4n) is 6.74. The zero-order chi connectivity index (χ0) is 26.0. The molecule has 2 amide bonds. The lowest BCUT2D eigenvalue weighted by Gasteiger charge is -2.32. The number of fused-ring (bicyclic) bond motifs is 1. The van der Waals surface area contributed by atoms with Crippen LogP contribution in [-0.2, 0) is 9.59 Å². The predicted molar refractivity (Wildman–Crippen MR) is 139 cm³/mol. The molecule has 1 unspecified atom stereocenters. The molecule has 3 atom stereocenters. The second kappa shape index (κ2) is 10.6. The highest BCUT2D eigenvalue weighted by atomic mass is 16.5. The number of rotatable bonds is 6. The molecule has 1 spiro atoms. The number of likely N-dealkylation sites (tertiary alicyclic amines) is 1. The Kier molecular flexibility index (Phi) is 7.23. The molecule has 1 saturated heterocycles. The van der Waals surface area contributed by atoms with Crippen LogP contribution in [0.25, 0.3) is 10.9 Å². The number of carbonyl (C=O) groups is 3. The minimum Gasteiger partial charge on any atom is -0.496 e. The number of benzene rings is 1. The van der Waals surface area contributed by atoms with Crippen LogP contribution < -0.4 is 10.1 Å². The first kappa shape index (κ1) is 25.3. The molecular formula is C29H36N4O4. The van der Waals surface area contributed by atoms with Gasteiger partial charge in [0.25, 0.3) is 5.91 Å². The standard InChI is InChI=1S/C29H36N4O4/c1-37-26-11-7-9-22-21(26)15-23(32-22)28(36)33-18-29(12-5-2-6-13-29)16-24(33)27(35)31-20(17-30)14-19-8-3-4-10-25(19)34/h7,9,11,15,19-20,24,32H,2-6,8,10,12-14,16,18H2,1H3,(H,31,35)/t19-,20-,24?/m0/s1. The molecule has 1 aromatic carbocycles. The van der Waals surface area contributed by atoms with Gasteiger partial charge in [0, 0.05) is 29.8 Å². The van der Waals surface area contributed by atoms with Crippen molar-refractivity contribution < 1.29 is 19.1 Å². The molecule has 2 saturated carbocycles. The highest BCUT2D eigenvalue weighted by Crippen LogP contribution is 2.47. The minimum absolute atomic E-state index is 0.0684. The number of aromatic amines is 1. The van der Waals surface area contributed by atoms with Crippen LogP contribution in [0.15, 0.2) is 24.3 Å². The maximum atomic E-state index is 13.8. The number of methoxy groups -OCH3 is 1. The zero-order valence-electron chi connectivity index (χ0n) is 21.6. The molecule has 8 heteroatoms. The van der Waals surface area contributed by atoms with Gasteiger partial charge in [-0.1, -0.05) is 31.7 Å². The molecule has 2 N–H and O–H groups in total. The molecule has 3 fully saturated rings. The second-order valence-corrected chi connectivity index (χ2v) is 11.2. The number of carbonyl (C=O) groups excluding carboxylic acids is 3. The van der Waals surface area contributed by atoms with Gasteiger partial charge in [-0.25, -0.2) is 0 Å². The Bertz CT molecular complexity index is 1220. The van der Waals surface area contributed by atoms with Gasteiger partial charge >= 0.3 is 0 Å². The van der Waals surface area contributed by atoms with Crippen molar-refractivity contribution in [3.8, 4) is 11.8 Å². The van der Waals surface area contributed by atoms with E-state index in [1.165, 1.54) is 6.42 Å². The SMILES string of the molecule is COc1cccc2[nH]c(C(=O)N3CC4(CCCCC4)CC3C(=O)N[C@H](C#N)C[C@@H]3CCCCC3=O)cc12. The third-order valence-corrected chi connectivity index (χ3v) is 8.73. The van der Waals surface area contributed by atoms with Crippen LogP contribution in [0.2, 0.25) is 0 Å². The summed E-state index contributed by atoms with van der Waals surface area (Å²) in [5, 5.41) is 13.5. The van der Waals surface area contributed by atoms with Crippen molar-refractivity contribution in [1.29, 1.82) is 5.26 Å². The average molecular weight is 505 g/mol. The lowest BCUT2D eigenvalue weighted by Crippen LogP contribution is -2.49. The highest BCUT2D eigenvalue weighted by Gasteiger charge is 2.49. The van der Waals surface area contributed by atoms with Crippen LogP contribution in [-0.4, -0.2) is 53.2 Å². The number of H-pyrrole nitrogens is 1. The number of nitrogens with one attached hydrogen (secondary N) is 2. The van der Waals surface area contributed by atoms with Crippen LogP contribution in [0.5, 0.6) is 5.75 Å². The van der Waals surface area contributed by atoms with E-state index >= 15 is 0 Å². The smallest absolute Gasteiger partial charge is 0.271 e. The van der Waals surface area contributed by atoms with E-state index in [1.807, 2.05) is 18.2 Å². The molecule has 8 nitrogen and oxygen atoms in total. The fraction of sp³-hybridized carbons (Fsp3) is 0.586.